The molecule has 0 radical (unpaired) electrons. The highest BCUT2D eigenvalue weighted by Crippen LogP contribution is 2.40. The first-order chi connectivity index (χ1) is 8.24. The maximum Gasteiger partial charge on any atom is 0.274 e. The van der Waals surface area contributed by atoms with Crippen molar-refractivity contribution in [3.05, 3.63) is 28.2 Å². The first-order valence-corrected chi connectivity index (χ1v) is 5.67. The maximum absolute atomic E-state index is 11.3. The normalized spacial score (nSPS) is 27.9. The van der Waals surface area contributed by atoms with E-state index in [1.165, 1.54) is 0 Å². The summed E-state index contributed by atoms with van der Waals surface area (Å²) in [4.78, 5) is 13.9. The average Bonchev–Trinajstić information content (AvgIpc) is 2.66. The maximum atomic E-state index is 11.3. The SMILES string of the molecule is Cc1nnc(N/N=C2/C[C@@H]3C=CC[C@@H]23)[nH]c1=O. The summed E-state index contributed by atoms with van der Waals surface area (Å²) in [5.74, 6) is 1.51. The number of anilines is 1. The molecular formula is C11H13N5O. The molecule has 1 heterocycles. The van der Waals surface area contributed by atoms with Gasteiger partial charge < -0.3 is 0 Å². The van der Waals surface area contributed by atoms with Crippen LogP contribution in [0.15, 0.2) is 22.0 Å². The standard InChI is InChI=1S/C11H13N5O/c1-6-10(17)12-11(15-13-6)16-14-9-5-7-3-2-4-8(7)9/h2-3,7-8H,4-5H2,1H3,(H2,12,15,16,17)/b14-9-/t7-,8+/m0/s1. The zero-order valence-electron chi connectivity index (χ0n) is 9.47. The van der Waals surface area contributed by atoms with Gasteiger partial charge in [-0.2, -0.15) is 5.10 Å². The minimum atomic E-state index is -0.239. The molecule has 1 aromatic heterocycles. The lowest BCUT2D eigenvalue weighted by Crippen LogP contribution is -2.33. The largest absolute Gasteiger partial charge is 0.288 e. The molecule has 2 atom stereocenters. The fraction of sp³-hybridized carbons (Fsp3) is 0.455. The molecule has 6 heteroatoms. The van der Waals surface area contributed by atoms with Gasteiger partial charge in [-0.05, 0) is 25.7 Å². The minimum absolute atomic E-state index is 0.239. The van der Waals surface area contributed by atoms with Gasteiger partial charge in [-0.15, -0.1) is 10.2 Å². The average molecular weight is 231 g/mol. The molecule has 0 saturated heterocycles. The molecule has 0 aromatic carbocycles. The van der Waals surface area contributed by atoms with E-state index in [-0.39, 0.29) is 5.56 Å². The predicted molar refractivity (Wildman–Crippen MR) is 63.8 cm³/mol. The molecule has 0 spiro atoms. The number of aryl methyl sites for hydroxylation is 1. The molecule has 2 aliphatic rings. The van der Waals surface area contributed by atoms with Gasteiger partial charge in [0, 0.05) is 11.6 Å². The highest BCUT2D eigenvalue weighted by molar-refractivity contribution is 5.94. The van der Waals surface area contributed by atoms with Crippen LogP contribution in [0.4, 0.5) is 5.95 Å². The fourth-order valence-electron chi connectivity index (χ4n) is 2.23. The van der Waals surface area contributed by atoms with Crippen molar-refractivity contribution in [2.75, 3.05) is 5.43 Å². The Morgan fingerprint density at radius 2 is 2.41 bits per heavy atom. The summed E-state index contributed by atoms with van der Waals surface area (Å²) < 4.78 is 0. The molecular weight excluding hydrogens is 218 g/mol. The molecule has 17 heavy (non-hydrogen) atoms. The Morgan fingerprint density at radius 3 is 3.18 bits per heavy atom. The van der Waals surface area contributed by atoms with E-state index >= 15 is 0 Å². The topological polar surface area (TPSA) is 83.0 Å². The van der Waals surface area contributed by atoms with Gasteiger partial charge in [0.15, 0.2) is 0 Å². The van der Waals surface area contributed by atoms with Gasteiger partial charge in [0.05, 0.1) is 0 Å². The van der Waals surface area contributed by atoms with Crippen molar-refractivity contribution in [3.8, 4) is 0 Å². The Bertz CT molecular complexity index is 559. The molecule has 0 unspecified atom stereocenters. The summed E-state index contributed by atoms with van der Waals surface area (Å²) in [6.45, 7) is 1.61. The predicted octanol–water partition coefficient (Wildman–Crippen LogP) is 0.837. The number of H-pyrrole nitrogens is 1. The third kappa shape index (κ3) is 1.75. The number of nitrogens with one attached hydrogen (secondary N) is 2. The lowest BCUT2D eigenvalue weighted by Gasteiger charge is -2.31. The lowest BCUT2D eigenvalue weighted by atomic mass is 9.74. The van der Waals surface area contributed by atoms with Crippen molar-refractivity contribution in [1.29, 1.82) is 0 Å². The molecule has 1 saturated carbocycles. The Balaban J connectivity index is 1.70. The second-order valence-corrected chi connectivity index (χ2v) is 4.44. The molecule has 2 N–H and O–H groups in total. The van der Waals surface area contributed by atoms with Crippen LogP contribution in [0.25, 0.3) is 0 Å². The highest BCUT2D eigenvalue weighted by Gasteiger charge is 2.37. The lowest BCUT2D eigenvalue weighted by molar-refractivity contribution is 0.466. The van der Waals surface area contributed by atoms with E-state index in [9.17, 15) is 4.79 Å². The summed E-state index contributed by atoms with van der Waals surface area (Å²) in [6, 6.07) is 0. The van der Waals surface area contributed by atoms with Crippen molar-refractivity contribution in [2.24, 2.45) is 16.9 Å². The second-order valence-electron chi connectivity index (χ2n) is 4.44. The Morgan fingerprint density at radius 1 is 1.53 bits per heavy atom. The first kappa shape index (κ1) is 10.2. The highest BCUT2D eigenvalue weighted by atomic mass is 16.1. The summed E-state index contributed by atoms with van der Waals surface area (Å²) in [7, 11) is 0. The van der Waals surface area contributed by atoms with E-state index < -0.39 is 0 Å². The molecule has 1 fully saturated rings. The van der Waals surface area contributed by atoms with Crippen LogP contribution in [0.5, 0.6) is 0 Å². The van der Waals surface area contributed by atoms with Gasteiger partial charge in [0.1, 0.15) is 5.69 Å². The van der Waals surface area contributed by atoms with Crippen molar-refractivity contribution in [3.63, 3.8) is 0 Å². The number of allylic oxidation sites excluding steroid dienone is 2. The number of hydrazone groups is 1. The number of nitrogens with zero attached hydrogens (tertiary/aromatic N) is 3. The van der Waals surface area contributed by atoms with Gasteiger partial charge in [-0.25, -0.2) is 5.43 Å². The van der Waals surface area contributed by atoms with E-state index in [1.807, 2.05) is 0 Å². The van der Waals surface area contributed by atoms with E-state index in [2.05, 4.69) is 37.9 Å². The minimum Gasteiger partial charge on any atom is -0.288 e. The molecule has 0 aliphatic heterocycles. The number of rotatable bonds is 2. The zero-order valence-corrected chi connectivity index (χ0v) is 9.47. The molecule has 0 amide bonds. The summed E-state index contributed by atoms with van der Waals surface area (Å²) in [6.07, 6.45) is 6.52. The Hall–Kier alpha value is -1.98. The van der Waals surface area contributed by atoms with Crippen LogP contribution in [0.3, 0.4) is 0 Å². The van der Waals surface area contributed by atoms with Gasteiger partial charge >= 0.3 is 0 Å². The van der Waals surface area contributed by atoms with Crippen molar-refractivity contribution < 1.29 is 0 Å². The molecule has 88 valence electrons. The van der Waals surface area contributed by atoms with Crippen LogP contribution in [0.1, 0.15) is 18.5 Å². The molecule has 2 aliphatic carbocycles. The quantitative estimate of drug-likeness (QED) is 0.583. The number of aromatic amines is 1. The number of fused-ring (bicyclic) bond motifs is 1. The second kappa shape index (κ2) is 3.80. The molecule has 1 aromatic rings. The summed E-state index contributed by atoms with van der Waals surface area (Å²) in [5.41, 5.74) is 4.01. The van der Waals surface area contributed by atoms with E-state index in [0.717, 1.165) is 18.6 Å². The van der Waals surface area contributed by atoms with Crippen LogP contribution in [0.2, 0.25) is 0 Å². The number of aromatic nitrogens is 3. The van der Waals surface area contributed by atoms with Crippen molar-refractivity contribution >= 4 is 11.7 Å². The Labute approximate surface area is 97.9 Å². The monoisotopic (exact) mass is 231 g/mol. The van der Waals surface area contributed by atoms with E-state index in [1.54, 1.807) is 6.92 Å². The van der Waals surface area contributed by atoms with Crippen molar-refractivity contribution in [2.45, 2.75) is 19.8 Å². The fourth-order valence-corrected chi connectivity index (χ4v) is 2.23. The zero-order chi connectivity index (χ0) is 11.8. The van der Waals surface area contributed by atoms with Crippen molar-refractivity contribution in [1.82, 2.24) is 15.2 Å². The van der Waals surface area contributed by atoms with Crippen LogP contribution in [-0.4, -0.2) is 20.9 Å². The van der Waals surface area contributed by atoms with Crippen LogP contribution < -0.4 is 11.0 Å². The molecule has 3 rings (SSSR count). The van der Waals surface area contributed by atoms with E-state index in [4.69, 9.17) is 0 Å². The van der Waals surface area contributed by atoms with Gasteiger partial charge in [-0.1, -0.05) is 12.2 Å². The van der Waals surface area contributed by atoms with Gasteiger partial charge in [0.2, 0.25) is 5.95 Å². The van der Waals surface area contributed by atoms with Crippen LogP contribution in [-0.2, 0) is 0 Å². The Kier molecular flexibility index (Phi) is 2.28. The molecule has 6 nitrogen and oxygen atoms in total. The smallest absolute Gasteiger partial charge is 0.274 e. The summed E-state index contributed by atoms with van der Waals surface area (Å²) in [5, 5.41) is 11.8. The van der Waals surface area contributed by atoms with Gasteiger partial charge in [-0.3, -0.25) is 9.78 Å². The van der Waals surface area contributed by atoms with Crippen LogP contribution in [0, 0.1) is 18.8 Å². The third-order valence-electron chi connectivity index (χ3n) is 3.33. The molecule has 0 bridgehead atoms. The van der Waals surface area contributed by atoms with Gasteiger partial charge in [0.25, 0.3) is 5.56 Å². The van der Waals surface area contributed by atoms with Crippen LogP contribution >= 0.6 is 0 Å². The van der Waals surface area contributed by atoms with E-state index in [0.29, 0.717) is 23.5 Å². The summed E-state index contributed by atoms with van der Waals surface area (Å²) >= 11 is 0. The first-order valence-electron chi connectivity index (χ1n) is 5.67. The number of hydrogen-bond acceptors (Lipinski definition) is 5. The third-order valence-corrected chi connectivity index (χ3v) is 3.33. The number of hydrogen-bond donors (Lipinski definition) is 2.